The Morgan fingerprint density at radius 2 is 2.17 bits per heavy atom. The Morgan fingerprint density at radius 3 is 2.90 bits per heavy atom. The molecule has 0 bridgehead atoms. The molecule has 1 fully saturated rings. The molecule has 0 saturated carbocycles. The number of imidazole rings is 1. The fraction of sp³-hybridized carbons (Fsp3) is 0.565. The Kier molecular flexibility index (Phi) is 5.78. The Labute approximate surface area is 177 Å². The maximum absolute atomic E-state index is 5.98. The van der Waals surface area contributed by atoms with Crippen molar-refractivity contribution in [2.45, 2.75) is 52.5 Å². The first-order valence-corrected chi connectivity index (χ1v) is 11.4. The molecule has 1 aliphatic rings. The monoisotopic (exact) mass is 412 g/mol. The van der Waals surface area contributed by atoms with Crippen LogP contribution in [-0.4, -0.2) is 46.2 Å². The molecule has 3 aromatic heterocycles. The summed E-state index contributed by atoms with van der Waals surface area (Å²) in [7, 11) is 0. The summed E-state index contributed by atoms with van der Waals surface area (Å²) in [5.74, 6) is 0. The molecule has 0 unspecified atom stereocenters. The molecule has 5 nitrogen and oxygen atoms in total. The smallest absolute Gasteiger partial charge is 0.141 e. The average Bonchev–Trinajstić information content (AvgIpc) is 3.40. The minimum atomic E-state index is -0.0304. The third-order valence-corrected chi connectivity index (χ3v) is 7.63. The van der Waals surface area contributed by atoms with Gasteiger partial charge in [-0.1, -0.05) is 6.07 Å². The van der Waals surface area contributed by atoms with Crippen LogP contribution in [0.25, 0.3) is 10.3 Å². The molecule has 0 amide bonds. The predicted molar refractivity (Wildman–Crippen MR) is 119 cm³/mol. The molecule has 0 aliphatic carbocycles. The lowest BCUT2D eigenvalue weighted by molar-refractivity contribution is 0.0386. The van der Waals surface area contributed by atoms with Crippen LogP contribution in [0.5, 0.6) is 0 Å². The van der Waals surface area contributed by atoms with E-state index in [-0.39, 0.29) is 11.0 Å². The van der Waals surface area contributed by atoms with Crippen LogP contribution < -0.4 is 0 Å². The van der Waals surface area contributed by atoms with Crippen LogP contribution in [0.3, 0.4) is 0 Å². The van der Waals surface area contributed by atoms with Crippen LogP contribution in [0.2, 0.25) is 0 Å². The predicted octanol–water partition coefficient (Wildman–Crippen LogP) is 4.92. The summed E-state index contributed by atoms with van der Waals surface area (Å²) < 4.78 is 5.98. The topological polar surface area (TPSA) is 54.0 Å². The first-order chi connectivity index (χ1) is 13.9. The van der Waals surface area contributed by atoms with Gasteiger partial charge in [0.25, 0.3) is 0 Å². The van der Waals surface area contributed by atoms with Crippen molar-refractivity contribution in [1.29, 1.82) is 0 Å². The molecule has 6 heteroatoms. The molecule has 3 aromatic rings. The zero-order chi connectivity index (χ0) is 20.5. The van der Waals surface area contributed by atoms with Gasteiger partial charge in [0, 0.05) is 40.9 Å². The molecule has 29 heavy (non-hydrogen) atoms. The number of hydrogen-bond acceptors (Lipinski definition) is 5. The molecular weight excluding hydrogens is 380 g/mol. The second-order valence-corrected chi connectivity index (χ2v) is 10.0. The summed E-state index contributed by atoms with van der Waals surface area (Å²) in [6.45, 7) is 12.6. The highest BCUT2D eigenvalue weighted by Crippen LogP contribution is 2.42. The summed E-state index contributed by atoms with van der Waals surface area (Å²) in [5.41, 5.74) is 3.69. The zero-order valence-corrected chi connectivity index (χ0v) is 18.8. The van der Waals surface area contributed by atoms with Gasteiger partial charge < -0.3 is 9.72 Å². The number of aromatic amines is 1. The second-order valence-electron chi connectivity index (χ2n) is 8.89. The van der Waals surface area contributed by atoms with E-state index in [0.717, 1.165) is 55.2 Å². The van der Waals surface area contributed by atoms with Gasteiger partial charge in [-0.15, -0.1) is 11.3 Å². The van der Waals surface area contributed by atoms with Gasteiger partial charge in [-0.2, -0.15) is 0 Å². The lowest BCUT2D eigenvalue weighted by Crippen LogP contribution is -2.42. The highest BCUT2D eigenvalue weighted by atomic mass is 32.1. The summed E-state index contributed by atoms with van der Waals surface area (Å²) in [6, 6.07) is 6.61. The van der Waals surface area contributed by atoms with E-state index in [1.165, 1.54) is 16.9 Å². The fourth-order valence-corrected chi connectivity index (χ4v) is 5.40. The summed E-state index contributed by atoms with van der Waals surface area (Å²) in [4.78, 5) is 17.3. The van der Waals surface area contributed by atoms with Gasteiger partial charge in [0.15, 0.2) is 0 Å². The number of aromatic nitrogens is 3. The van der Waals surface area contributed by atoms with E-state index in [0.29, 0.717) is 0 Å². The van der Waals surface area contributed by atoms with Crippen LogP contribution in [-0.2, 0) is 16.7 Å². The number of fused-ring (bicyclic) bond motifs is 1. The fourth-order valence-electron chi connectivity index (χ4n) is 4.44. The van der Waals surface area contributed by atoms with Crippen LogP contribution >= 0.6 is 11.3 Å². The van der Waals surface area contributed by atoms with Gasteiger partial charge in [0.05, 0.1) is 18.5 Å². The lowest BCUT2D eigenvalue weighted by Gasteiger charge is -2.38. The Morgan fingerprint density at radius 1 is 1.31 bits per heavy atom. The molecule has 0 spiro atoms. The largest absolute Gasteiger partial charge is 0.381 e. The van der Waals surface area contributed by atoms with Crippen LogP contribution in [0.15, 0.2) is 30.7 Å². The maximum atomic E-state index is 5.98. The normalized spacial score (nSPS) is 20.7. The molecule has 0 radical (unpaired) electrons. The highest BCUT2D eigenvalue weighted by Gasteiger charge is 2.43. The number of nitrogens with zero attached hydrogens (tertiary/aromatic N) is 3. The maximum Gasteiger partial charge on any atom is 0.141 e. The van der Waals surface area contributed by atoms with Crippen molar-refractivity contribution in [3.8, 4) is 0 Å². The summed E-state index contributed by atoms with van der Waals surface area (Å²) in [6.07, 6.45) is 7.23. The van der Waals surface area contributed by atoms with Gasteiger partial charge in [-0.05, 0) is 71.2 Å². The standard InChI is InChI=1S/C23H32N4OS/c1-5-28-15-23(9-8-19-12-20-21(29-19)26-16-25-20)10-11-27(14-23)22(3,4)18-7-6-17(2)24-13-18/h6-7,12-13,16H,5,8-11,14-15H2,1-4H3,(H,25,26)/t23-/m1/s1. The molecule has 1 saturated heterocycles. The number of rotatable bonds is 8. The minimum absolute atomic E-state index is 0.0304. The molecule has 0 aromatic carbocycles. The number of thiophene rings is 1. The molecular formula is C23H32N4OS. The van der Waals surface area contributed by atoms with Crippen molar-refractivity contribution in [3.05, 3.63) is 46.9 Å². The number of H-pyrrole nitrogens is 1. The van der Waals surface area contributed by atoms with Crippen molar-refractivity contribution >= 4 is 21.7 Å². The second kappa shape index (κ2) is 8.17. The minimum Gasteiger partial charge on any atom is -0.381 e. The van der Waals surface area contributed by atoms with E-state index < -0.39 is 0 Å². The van der Waals surface area contributed by atoms with Crippen molar-refractivity contribution in [2.75, 3.05) is 26.3 Å². The van der Waals surface area contributed by atoms with E-state index in [9.17, 15) is 0 Å². The first-order valence-electron chi connectivity index (χ1n) is 10.6. The van der Waals surface area contributed by atoms with E-state index in [1.54, 1.807) is 6.33 Å². The number of aryl methyl sites for hydroxylation is 2. The van der Waals surface area contributed by atoms with E-state index in [4.69, 9.17) is 4.74 Å². The summed E-state index contributed by atoms with van der Waals surface area (Å²) in [5, 5.41) is 0. The number of likely N-dealkylation sites (tertiary alicyclic amines) is 1. The van der Waals surface area contributed by atoms with Gasteiger partial charge in [-0.3, -0.25) is 9.88 Å². The summed E-state index contributed by atoms with van der Waals surface area (Å²) >= 11 is 1.81. The first kappa shape index (κ1) is 20.5. The molecule has 4 rings (SSSR count). The molecule has 1 aliphatic heterocycles. The number of ether oxygens (including phenoxy) is 1. The lowest BCUT2D eigenvalue weighted by atomic mass is 9.82. The van der Waals surface area contributed by atoms with Crippen LogP contribution in [0, 0.1) is 12.3 Å². The average molecular weight is 413 g/mol. The number of hydrogen-bond donors (Lipinski definition) is 1. The Balaban J connectivity index is 1.49. The third-order valence-electron chi connectivity index (χ3n) is 6.53. The molecule has 4 heterocycles. The van der Waals surface area contributed by atoms with Gasteiger partial charge in [-0.25, -0.2) is 4.98 Å². The van der Waals surface area contributed by atoms with E-state index in [2.05, 4.69) is 58.8 Å². The van der Waals surface area contributed by atoms with E-state index in [1.807, 2.05) is 24.5 Å². The van der Waals surface area contributed by atoms with Crippen molar-refractivity contribution in [2.24, 2.45) is 5.41 Å². The van der Waals surface area contributed by atoms with Gasteiger partial charge in [0.2, 0.25) is 0 Å². The Bertz CT molecular complexity index is 917. The molecule has 156 valence electrons. The van der Waals surface area contributed by atoms with Gasteiger partial charge in [0.1, 0.15) is 4.83 Å². The van der Waals surface area contributed by atoms with Gasteiger partial charge >= 0.3 is 0 Å². The number of pyridine rings is 1. The van der Waals surface area contributed by atoms with Crippen molar-refractivity contribution in [3.63, 3.8) is 0 Å². The van der Waals surface area contributed by atoms with Crippen molar-refractivity contribution in [1.82, 2.24) is 19.9 Å². The SMILES string of the molecule is CCOC[C@]1(CCc2cc3[nH]cnc3s2)CCN(C(C)(C)c2ccc(C)nc2)C1. The molecule has 1 atom stereocenters. The molecule has 1 N–H and O–H groups in total. The van der Waals surface area contributed by atoms with Crippen LogP contribution in [0.1, 0.15) is 49.7 Å². The highest BCUT2D eigenvalue weighted by molar-refractivity contribution is 7.18. The number of nitrogens with one attached hydrogen (secondary N) is 1. The Hall–Kier alpha value is -1.76. The third kappa shape index (κ3) is 4.25. The van der Waals surface area contributed by atoms with Crippen LogP contribution in [0.4, 0.5) is 0 Å². The quantitative estimate of drug-likeness (QED) is 0.570. The van der Waals surface area contributed by atoms with Crippen molar-refractivity contribution < 1.29 is 4.74 Å². The van der Waals surface area contributed by atoms with E-state index >= 15 is 0 Å². The zero-order valence-electron chi connectivity index (χ0n) is 18.0.